The molecule has 1 aliphatic rings. The van der Waals surface area contributed by atoms with Gasteiger partial charge in [-0.25, -0.2) is 0 Å². The van der Waals surface area contributed by atoms with Crippen molar-refractivity contribution in [1.29, 1.82) is 0 Å². The third-order valence-electron chi connectivity index (χ3n) is 3.03. The standard InChI is InChI=1S/C12H12N2O4S/c1-19(16,17)18-9-4-2-3-7-8-5-6-13-12(15)11(8)14-10(7)9/h2-4,14H,5-6H2,1H3,(H,13,15). The highest BCUT2D eigenvalue weighted by atomic mass is 32.2. The number of carbonyl (C=O) groups excluding carboxylic acids is 1. The Bertz CT molecular complexity index is 776. The molecule has 1 aromatic heterocycles. The zero-order valence-electron chi connectivity index (χ0n) is 10.2. The molecule has 3 rings (SSSR count). The third-order valence-corrected chi connectivity index (χ3v) is 3.51. The minimum Gasteiger partial charge on any atom is -0.380 e. The summed E-state index contributed by atoms with van der Waals surface area (Å²) in [6.45, 7) is 0.579. The van der Waals surface area contributed by atoms with Crippen LogP contribution in [-0.2, 0) is 16.5 Å². The Labute approximate surface area is 109 Å². The van der Waals surface area contributed by atoms with Gasteiger partial charge in [-0.15, -0.1) is 0 Å². The lowest BCUT2D eigenvalue weighted by molar-refractivity contribution is 0.0942. The van der Waals surface area contributed by atoms with Gasteiger partial charge in [0.25, 0.3) is 5.91 Å². The van der Waals surface area contributed by atoms with Crippen molar-refractivity contribution in [3.63, 3.8) is 0 Å². The van der Waals surface area contributed by atoms with Crippen LogP contribution >= 0.6 is 0 Å². The van der Waals surface area contributed by atoms with Crippen molar-refractivity contribution in [2.75, 3.05) is 12.8 Å². The molecule has 0 bridgehead atoms. The Morgan fingerprint density at radius 3 is 2.84 bits per heavy atom. The molecule has 0 saturated carbocycles. The van der Waals surface area contributed by atoms with Crippen LogP contribution in [0.2, 0.25) is 0 Å². The minimum absolute atomic E-state index is 0.178. The van der Waals surface area contributed by atoms with E-state index in [2.05, 4.69) is 10.3 Å². The van der Waals surface area contributed by atoms with E-state index in [1.807, 2.05) is 6.07 Å². The number of H-pyrrole nitrogens is 1. The zero-order chi connectivity index (χ0) is 13.6. The van der Waals surface area contributed by atoms with Gasteiger partial charge in [0, 0.05) is 11.9 Å². The number of hydrogen-bond donors (Lipinski definition) is 2. The molecule has 0 fully saturated rings. The van der Waals surface area contributed by atoms with Crippen LogP contribution in [0.5, 0.6) is 5.75 Å². The van der Waals surface area contributed by atoms with Crippen molar-refractivity contribution in [2.45, 2.75) is 6.42 Å². The second-order valence-corrected chi connectivity index (χ2v) is 6.03. The van der Waals surface area contributed by atoms with Gasteiger partial charge in [0.2, 0.25) is 0 Å². The van der Waals surface area contributed by atoms with Gasteiger partial charge in [-0.2, -0.15) is 8.42 Å². The van der Waals surface area contributed by atoms with Crippen LogP contribution in [0.4, 0.5) is 0 Å². The highest BCUT2D eigenvalue weighted by Crippen LogP contribution is 2.31. The molecular formula is C12H12N2O4S. The highest BCUT2D eigenvalue weighted by molar-refractivity contribution is 7.86. The van der Waals surface area contributed by atoms with E-state index in [1.54, 1.807) is 12.1 Å². The summed E-state index contributed by atoms with van der Waals surface area (Å²) in [6.07, 6.45) is 1.70. The Hall–Kier alpha value is -2.02. The van der Waals surface area contributed by atoms with E-state index < -0.39 is 10.1 Å². The van der Waals surface area contributed by atoms with Crippen molar-refractivity contribution in [1.82, 2.24) is 10.3 Å². The average Bonchev–Trinajstić information content (AvgIpc) is 2.69. The quantitative estimate of drug-likeness (QED) is 0.796. The Kier molecular flexibility index (Phi) is 2.53. The molecule has 0 spiro atoms. The fraction of sp³-hybridized carbons (Fsp3) is 0.250. The molecule has 100 valence electrons. The van der Waals surface area contributed by atoms with Crippen LogP contribution in [0.1, 0.15) is 16.1 Å². The van der Waals surface area contributed by atoms with Crippen LogP contribution in [0, 0.1) is 0 Å². The van der Waals surface area contributed by atoms with E-state index in [0.29, 0.717) is 24.2 Å². The van der Waals surface area contributed by atoms with Gasteiger partial charge in [-0.1, -0.05) is 12.1 Å². The molecule has 1 amide bonds. The van der Waals surface area contributed by atoms with Gasteiger partial charge in [0.15, 0.2) is 5.75 Å². The van der Waals surface area contributed by atoms with E-state index in [-0.39, 0.29) is 11.7 Å². The SMILES string of the molecule is CS(=O)(=O)Oc1cccc2c3c([nH]c12)C(=O)NCC3. The monoisotopic (exact) mass is 280 g/mol. The fourth-order valence-corrected chi connectivity index (χ4v) is 2.79. The first-order chi connectivity index (χ1) is 8.96. The van der Waals surface area contributed by atoms with Crippen LogP contribution in [0.3, 0.4) is 0 Å². The van der Waals surface area contributed by atoms with Crippen LogP contribution in [0.25, 0.3) is 10.9 Å². The first kappa shape index (κ1) is 12.0. The van der Waals surface area contributed by atoms with Crippen LogP contribution in [0.15, 0.2) is 18.2 Å². The molecular weight excluding hydrogens is 268 g/mol. The molecule has 0 unspecified atom stereocenters. The van der Waals surface area contributed by atoms with E-state index in [0.717, 1.165) is 17.2 Å². The average molecular weight is 280 g/mol. The maximum absolute atomic E-state index is 11.8. The fourth-order valence-electron chi connectivity index (χ4n) is 2.32. The number of fused-ring (bicyclic) bond motifs is 3. The molecule has 0 aliphatic carbocycles. The smallest absolute Gasteiger partial charge is 0.306 e. The highest BCUT2D eigenvalue weighted by Gasteiger charge is 2.23. The lowest BCUT2D eigenvalue weighted by atomic mass is 10.0. The van der Waals surface area contributed by atoms with Crippen LogP contribution in [-0.4, -0.2) is 32.1 Å². The summed E-state index contributed by atoms with van der Waals surface area (Å²) >= 11 is 0. The van der Waals surface area contributed by atoms with Gasteiger partial charge in [-0.3, -0.25) is 4.79 Å². The lowest BCUT2D eigenvalue weighted by Gasteiger charge is -2.11. The number of nitrogens with one attached hydrogen (secondary N) is 2. The summed E-state index contributed by atoms with van der Waals surface area (Å²) in [5.74, 6) is 0.0324. The second-order valence-electron chi connectivity index (χ2n) is 4.45. The first-order valence-corrected chi connectivity index (χ1v) is 7.58. The summed E-state index contributed by atoms with van der Waals surface area (Å²) in [5, 5.41) is 3.56. The summed E-state index contributed by atoms with van der Waals surface area (Å²) in [7, 11) is -3.60. The molecule has 1 aromatic carbocycles. The number of rotatable bonds is 2. The van der Waals surface area contributed by atoms with E-state index in [1.165, 1.54) is 0 Å². The summed E-state index contributed by atoms with van der Waals surface area (Å²) in [6, 6.07) is 5.12. The van der Waals surface area contributed by atoms with Gasteiger partial charge >= 0.3 is 10.1 Å². The summed E-state index contributed by atoms with van der Waals surface area (Å²) in [5.41, 5.74) is 1.92. The normalized spacial score (nSPS) is 15.1. The predicted molar refractivity (Wildman–Crippen MR) is 69.8 cm³/mol. The summed E-state index contributed by atoms with van der Waals surface area (Å²) < 4.78 is 27.4. The van der Waals surface area contributed by atoms with Gasteiger partial charge in [-0.05, 0) is 18.1 Å². The molecule has 2 N–H and O–H groups in total. The lowest BCUT2D eigenvalue weighted by Crippen LogP contribution is -2.31. The Morgan fingerprint density at radius 2 is 2.11 bits per heavy atom. The third kappa shape index (κ3) is 2.06. The maximum atomic E-state index is 11.8. The largest absolute Gasteiger partial charge is 0.380 e. The summed E-state index contributed by atoms with van der Waals surface area (Å²) in [4.78, 5) is 14.7. The predicted octanol–water partition coefficient (Wildman–Crippen LogP) is 0.792. The first-order valence-electron chi connectivity index (χ1n) is 5.77. The van der Waals surface area contributed by atoms with Crippen molar-refractivity contribution in [3.8, 4) is 5.75 Å². The van der Waals surface area contributed by atoms with Crippen molar-refractivity contribution < 1.29 is 17.4 Å². The number of hydrogen-bond acceptors (Lipinski definition) is 4. The van der Waals surface area contributed by atoms with Crippen LogP contribution < -0.4 is 9.50 Å². The molecule has 0 saturated heterocycles. The molecule has 2 heterocycles. The number of carbonyl (C=O) groups is 1. The van der Waals surface area contributed by atoms with E-state index in [9.17, 15) is 13.2 Å². The van der Waals surface area contributed by atoms with E-state index in [4.69, 9.17) is 4.18 Å². The van der Waals surface area contributed by atoms with E-state index >= 15 is 0 Å². The molecule has 19 heavy (non-hydrogen) atoms. The molecule has 1 aliphatic heterocycles. The number of benzene rings is 1. The zero-order valence-corrected chi connectivity index (χ0v) is 11.0. The maximum Gasteiger partial charge on any atom is 0.306 e. The van der Waals surface area contributed by atoms with Gasteiger partial charge in [0.05, 0.1) is 11.8 Å². The molecule has 0 atom stereocenters. The Morgan fingerprint density at radius 1 is 1.32 bits per heavy atom. The molecule has 7 heteroatoms. The number of amides is 1. The Balaban J connectivity index is 2.24. The molecule has 6 nitrogen and oxygen atoms in total. The number of aromatic amines is 1. The van der Waals surface area contributed by atoms with Crippen molar-refractivity contribution in [2.24, 2.45) is 0 Å². The number of para-hydroxylation sites is 1. The minimum atomic E-state index is -3.60. The van der Waals surface area contributed by atoms with Gasteiger partial charge < -0.3 is 14.5 Å². The van der Waals surface area contributed by atoms with Gasteiger partial charge in [0.1, 0.15) is 5.69 Å². The molecule has 0 radical (unpaired) electrons. The topological polar surface area (TPSA) is 88.3 Å². The van der Waals surface area contributed by atoms with Crippen molar-refractivity contribution in [3.05, 3.63) is 29.5 Å². The number of aromatic nitrogens is 1. The van der Waals surface area contributed by atoms with Crippen molar-refractivity contribution >= 4 is 26.9 Å². The molecule has 2 aromatic rings. The second kappa shape index (κ2) is 3.99.